The highest BCUT2D eigenvalue weighted by molar-refractivity contribution is 6.22. The van der Waals surface area contributed by atoms with E-state index in [0.717, 1.165) is 0 Å². The van der Waals surface area contributed by atoms with Crippen LogP contribution in [0.15, 0.2) is 0 Å². The van der Waals surface area contributed by atoms with Crippen LogP contribution in [-0.2, 0) is 14.4 Å². The van der Waals surface area contributed by atoms with Crippen molar-refractivity contribution in [3.05, 3.63) is 0 Å². The van der Waals surface area contributed by atoms with Crippen LogP contribution in [0.2, 0.25) is 0 Å². The minimum absolute atomic E-state index is 0.0327. The number of carbonyl (C=O) groups excluding carboxylic acids is 3. The molecule has 0 saturated carbocycles. The predicted octanol–water partition coefficient (Wildman–Crippen LogP) is 5.11. The van der Waals surface area contributed by atoms with Gasteiger partial charge in [-0.2, -0.15) is 74.6 Å². The Morgan fingerprint density at radius 2 is 0.788 bits per heavy atom. The third kappa shape index (κ3) is 4.35. The van der Waals surface area contributed by atoms with Crippen molar-refractivity contribution in [3.63, 3.8) is 0 Å². The second-order valence-electron chi connectivity index (χ2n) is 5.99. The predicted molar refractivity (Wildman–Crippen MR) is 66.0 cm³/mol. The molecule has 0 aromatic rings. The molecule has 0 aliphatic carbocycles. The van der Waals surface area contributed by atoms with Gasteiger partial charge in [-0.3, -0.25) is 14.4 Å². The molecule has 0 aliphatic heterocycles. The maximum absolute atomic E-state index is 13.4. The van der Waals surface area contributed by atoms with Crippen LogP contribution in [0.4, 0.5) is 74.6 Å². The second kappa shape index (κ2) is 7.95. The quantitative estimate of drug-likeness (QED) is 0.291. The lowest BCUT2D eigenvalue weighted by Gasteiger charge is -2.36. The van der Waals surface area contributed by atoms with Crippen LogP contribution in [0.3, 0.4) is 0 Å². The normalized spacial score (nSPS) is 15.5. The highest BCUT2D eigenvalue weighted by atomic mass is 19.4. The monoisotopic (exact) mass is 532 g/mol. The van der Waals surface area contributed by atoms with Gasteiger partial charge in [-0.1, -0.05) is 6.92 Å². The zero-order chi connectivity index (χ0) is 27.4. The molecule has 0 unspecified atom stereocenters. The van der Waals surface area contributed by atoms with Crippen LogP contribution in [0.5, 0.6) is 0 Å². The van der Waals surface area contributed by atoms with Crippen LogP contribution in [0.1, 0.15) is 13.3 Å². The van der Waals surface area contributed by atoms with E-state index in [1.54, 1.807) is 0 Å². The minimum atomic E-state index is -7.88. The molecule has 33 heavy (non-hydrogen) atoms. The number of hydrogen-bond donors (Lipinski definition) is 0. The van der Waals surface area contributed by atoms with Crippen molar-refractivity contribution in [2.24, 2.45) is 0 Å². The Morgan fingerprint density at radius 3 is 1.06 bits per heavy atom. The van der Waals surface area contributed by atoms with E-state index in [2.05, 4.69) is 0 Å². The lowest BCUT2D eigenvalue weighted by atomic mass is 9.89. The Bertz CT molecular complexity index is 807. The maximum atomic E-state index is 13.4. The van der Waals surface area contributed by atoms with Crippen molar-refractivity contribution >= 4 is 17.3 Å². The molecule has 0 atom stereocenters. The van der Waals surface area contributed by atoms with Crippen molar-refractivity contribution in [2.45, 2.75) is 61.0 Å². The lowest BCUT2D eigenvalue weighted by molar-refractivity contribution is -0.358. The second-order valence-corrected chi connectivity index (χ2v) is 5.99. The van der Waals surface area contributed by atoms with Gasteiger partial charge in [0.25, 0.3) is 17.3 Å². The van der Waals surface area contributed by atoms with E-state index < -0.39 is 71.4 Å². The lowest BCUT2D eigenvalue weighted by Crippen LogP contribution is -2.68. The molecule has 0 bridgehead atoms. The number of rotatable bonds is 10. The number of halogens is 17. The molecular weight excluding hydrogens is 527 g/mol. The molecule has 0 radical (unpaired) electrons. The van der Waals surface area contributed by atoms with Gasteiger partial charge in [0.05, 0.1) is 0 Å². The Kier molecular flexibility index (Phi) is 7.42. The largest absolute Gasteiger partial charge is 0.461 e. The molecule has 0 spiro atoms. The van der Waals surface area contributed by atoms with Gasteiger partial charge < -0.3 is 0 Å². The third-order valence-electron chi connectivity index (χ3n) is 3.76. The Hall–Kier alpha value is -2.18. The van der Waals surface area contributed by atoms with Gasteiger partial charge >= 0.3 is 47.6 Å². The number of carbonyl (C=O) groups is 3. The van der Waals surface area contributed by atoms with E-state index >= 15 is 0 Å². The summed E-state index contributed by atoms with van der Waals surface area (Å²) in [4.78, 5) is 32.4. The summed E-state index contributed by atoms with van der Waals surface area (Å²) in [7, 11) is 0. The number of hydrogen-bond acceptors (Lipinski definition) is 3. The van der Waals surface area contributed by atoms with E-state index in [1.165, 1.54) is 0 Å². The van der Waals surface area contributed by atoms with Crippen LogP contribution in [0.25, 0.3) is 0 Å². The minimum Gasteiger partial charge on any atom is -0.285 e. The van der Waals surface area contributed by atoms with Crippen molar-refractivity contribution in [2.75, 3.05) is 0 Å². The molecule has 0 aliphatic rings. The summed E-state index contributed by atoms with van der Waals surface area (Å²) in [5, 5.41) is 0. The summed E-state index contributed by atoms with van der Waals surface area (Å²) >= 11 is 0. The fraction of sp³-hybridized carbons (Fsp3) is 0.769. The van der Waals surface area contributed by atoms with Crippen LogP contribution >= 0.6 is 0 Å². The average molecular weight is 532 g/mol. The fourth-order valence-electron chi connectivity index (χ4n) is 1.72. The molecule has 0 heterocycles. The molecule has 3 nitrogen and oxygen atoms in total. The number of Topliss-reactive ketones (excluding diaryl/α,β-unsaturated/α-hetero) is 3. The molecule has 0 N–H and O–H groups in total. The topological polar surface area (TPSA) is 51.2 Å². The smallest absolute Gasteiger partial charge is 0.285 e. The first-order valence-electron chi connectivity index (χ1n) is 7.39. The van der Waals surface area contributed by atoms with Gasteiger partial charge in [-0.15, -0.1) is 0 Å². The van der Waals surface area contributed by atoms with Crippen LogP contribution in [0, 0.1) is 0 Å². The Labute approximate surface area is 168 Å². The molecule has 0 saturated heterocycles. The first kappa shape index (κ1) is 30.8. The average Bonchev–Trinajstić information content (AvgIpc) is 2.64. The van der Waals surface area contributed by atoms with Crippen molar-refractivity contribution < 1.29 is 89.0 Å². The SMILES string of the molecule is CCC(F)(F)C(F)(F)C(F)(F)C(F)(F)C(=O)C(F)(F)C(=O)C(F)(F)C(=O)C(F)(F)C(F)(F)F. The van der Waals surface area contributed by atoms with Crippen molar-refractivity contribution in [3.8, 4) is 0 Å². The van der Waals surface area contributed by atoms with E-state index in [0.29, 0.717) is 0 Å². The van der Waals surface area contributed by atoms with E-state index in [1.807, 2.05) is 0 Å². The summed E-state index contributed by atoms with van der Waals surface area (Å²) in [6.45, 7) is -0.0327. The fourth-order valence-corrected chi connectivity index (χ4v) is 1.72. The van der Waals surface area contributed by atoms with Gasteiger partial charge in [-0.05, 0) is 0 Å². The highest BCUT2D eigenvalue weighted by Gasteiger charge is 2.85. The zero-order valence-corrected chi connectivity index (χ0v) is 14.9. The molecule has 194 valence electrons. The molecule has 0 fully saturated rings. The van der Waals surface area contributed by atoms with Gasteiger partial charge in [0.2, 0.25) is 0 Å². The summed E-state index contributed by atoms with van der Waals surface area (Å²) < 4.78 is 220. The van der Waals surface area contributed by atoms with Crippen molar-refractivity contribution in [1.82, 2.24) is 0 Å². The number of alkyl halides is 17. The summed E-state index contributed by atoms with van der Waals surface area (Å²) in [6, 6.07) is 0. The van der Waals surface area contributed by atoms with Gasteiger partial charge in [0.15, 0.2) is 0 Å². The maximum Gasteiger partial charge on any atom is 0.461 e. The Balaban J connectivity index is 6.55. The van der Waals surface area contributed by atoms with Gasteiger partial charge in [0.1, 0.15) is 0 Å². The van der Waals surface area contributed by atoms with Crippen LogP contribution < -0.4 is 0 Å². The van der Waals surface area contributed by atoms with Gasteiger partial charge in [0, 0.05) is 6.42 Å². The third-order valence-corrected chi connectivity index (χ3v) is 3.76. The molecule has 0 rings (SSSR count). The molecular formula is C13H5F17O3. The highest BCUT2D eigenvalue weighted by Crippen LogP contribution is 2.55. The van der Waals surface area contributed by atoms with Gasteiger partial charge in [-0.25, -0.2) is 0 Å². The standard InChI is InChI=1S/C13H5F17O3/c1-2-6(14,15)11(24,25)12(26,27)9(20,21)4(32)7(16,17)3(31)8(18,19)5(33)10(22,23)13(28,29)30/h2H2,1H3. The number of ketones is 3. The first-order chi connectivity index (χ1) is 14.0. The van der Waals surface area contributed by atoms with Crippen molar-refractivity contribution in [1.29, 1.82) is 0 Å². The zero-order valence-electron chi connectivity index (χ0n) is 14.9. The molecule has 0 aromatic heterocycles. The Morgan fingerprint density at radius 1 is 0.485 bits per heavy atom. The summed E-state index contributed by atoms with van der Waals surface area (Å²) in [6.07, 6.45) is -9.73. The first-order valence-corrected chi connectivity index (χ1v) is 7.39. The van der Waals surface area contributed by atoms with E-state index in [4.69, 9.17) is 0 Å². The molecule has 20 heteroatoms. The van der Waals surface area contributed by atoms with E-state index in [9.17, 15) is 89.0 Å². The molecule has 0 aromatic carbocycles. The summed E-state index contributed by atoms with van der Waals surface area (Å²) in [5.74, 6) is -67.2. The van der Waals surface area contributed by atoms with Crippen LogP contribution in [-0.4, -0.2) is 65.0 Å². The van der Waals surface area contributed by atoms with E-state index in [-0.39, 0.29) is 6.92 Å². The summed E-state index contributed by atoms with van der Waals surface area (Å²) in [5.41, 5.74) is 0. The molecule has 0 amide bonds.